The van der Waals surface area contributed by atoms with Gasteiger partial charge in [-0.2, -0.15) is 0 Å². The Morgan fingerprint density at radius 2 is 0.667 bits per heavy atom. The Balaban J connectivity index is 1.27. The quantitative estimate of drug-likeness (QED) is 0.152. The van der Waals surface area contributed by atoms with E-state index in [0.717, 1.165) is 23.0 Å². The van der Waals surface area contributed by atoms with Gasteiger partial charge < -0.3 is 18.9 Å². The number of hydrogen-bond donors (Lipinski definition) is 0. The first-order chi connectivity index (χ1) is 20.1. The largest absolute Gasteiger partial charge is 0.494 e. The summed E-state index contributed by atoms with van der Waals surface area (Å²) in [6, 6.07) is 33.6. The summed E-state index contributed by atoms with van der Waals surface area (Å²) >= 11 is 0. The summed E-state index contributed by atoms with van der Waals surface area (Å²) in [6.45, 7) is 17.6. The predicted molar refractivity (Wildman–Crippen MR) is 173 cm³/mol. The van der Waals surface area contributed by atoms with Crippen molar-refractivity contribution in [3.05, 3.63) is 119 Å². The molecule has 0 unspecified atom stereocenters. The molecule has 0 heterocycles. The Bertz CT molecular complexity index is 1260. The van der Waals surface area contributed by atoms with Crippen molar-refractivity contribution in [2.75, 3.05) is 26.4 Å². The average Bonchev–Trinajstić information content (AvgIpc) is 3.00. The molecular formula is C38H46O4. The first-order valence-electron chi connectivity index (χ1n) is 15.1. The predicted octanol–water partition coefficient (Wildman–Crippen LogP) is 9.23. The summed E-state index contributed by atoms with van der Waals surface area (Å²) in [6.07, 6.45) is 0. The average molecular weight is 567 g/mol. The van der Waals surface area contributed by atoms with Crippen LogP contribution < -0.4 is 18.9 Å². The first kappa shape index (κ1) is 31.0. The third kappa shape index (κ3) is 7.67. The molecule has 4 nitrogen and oxygen atoms in total. The van der Waals surface area contributed by atoms with Crippen molar-refractivity contribution >= 4 is 0 Å². The highest BCUT2D eigenvalue weighted by Gasteiger charge is 2.24. The van der Waals surface area contributed by atoms with Crippen LogP contribution in [0, 0.1) is 5.92 Å². The van der Waals surface area contributed by atoms with Gasteiger partial charge in [0.15, 0.2) is 0 Å². The maximum absolute atomic E-state index is 6.10. The van der Waals surface area contributed by atoms with Gasteiger partial charge in [0, 0.05) is 16.7 Å². The van der Waals surface area contributed by atoms with Crippen LogP contribution >= 0.6 is 0 Å². The first-order valence-corrected chi connectivity index (χ1v) is 15.1. The zero-order valence-electron chi connectivity index (χ0n) is 26.3. The molecule has 222 valence electrons. The lowest BCUT2D eigenvalue weighted by Crippen LogP contribution is -2.19. The van der Waals surface area contributed by atoms with Crippen molar-refractivity contribution in [3.8, 4) is 23.0 Å². The molecule has 0 atom stereocenters. The van der Waals surface area contributed by atoms with E-state index >= 15 is 0 Å². The Kier molecular flexibility index (Phi) is 10.2. The lowest BCUT2D eigenvalue weighted by Gasteiger charge is -2.27. The molecule has 4 rings (SSSR count). The molecule has 0 N–H and O–H groups in total. The minimum absolute atomic E-state index is 0.122. The van der Waals surface area contributed by atoms with Crippen molar-refractivity contribution in [3.63, 3.8) is 0 Å². The van der Waals surface area contributed by atoms with Crippen LogP contribution in [0.3, 0.4) is 0 Å². The summed E-state index contributed by atoms with van der Waals surface area (Å²) in [5, 5.41) is 0. The van der Waals surface area contributed by atoms with Gasteiger partial charge in [-0.25, -0.2) is 0 Å². The molecular weight excluding hydrogens is 520 g/mol. The van der Waals surface area contributed by atoms with Crippen molar-refractivity contribution < 1.29 is 18.9 Å². The second-order valence-corrected chi connectivity index (χ2v) is 11.9. The molecule has 0 aromatic heterocycles. The maximum Gasteiger partial charge on any atom is 0.119 e. The Labute approximate surface area is 252 Å². The molecule has 0 amide bonds. The van der Waals surface area contributed by atoms with Crippen molar-refractivity contribution in [1.29, 1.82) is 0 Å². The molecule has 0 radical (unpaired) electrons. The van der Waals surface area contributed by atoms with Crippen LogP contribution in [-0.2, 0) is 10.8 Å². The molecule has 4 heteroatoms. The highest BCUT2D eigenvalue weighted by Crippen LogP contribution is 2.35. The van der Waals surface area contributed by atoms with Gasteiger partial charge in [0.25, 0.3) is 0 Å². The van der Waals surface area contributed by atoms with Gasteiger partial charge in [-0.1, -0.05) is 83.1 Å². The van der Waals surface area contributed by atoms with Gasteiger partial charge in [0.1, 0.15) is 23.0 Å². The van der Waals surface area contributed by atoms with Gasteiger partial charge in [0.05, 0.1) is 26.4 Å². The molecule has 4 aromatic carbocycles. The van der Waals surface area contributed by atoms with E-state index in [0.29, 0.717) is 26.4 Å². The Morgan fingerprint density at radius 1 is 0.429 bits per heavy atom. The van der Waals surface area contributed by atoms with E-state index in [4.69, 9.17) is 18.9 Å². The highest BCUT2D eigenvalue weighted by molar-refractivity contribution is 5.43. The summed E-state index contributed by atoms with van der Waals surface area (Å²) in [7, 11) is 0. The lowest BCUT2D eigenvalue weighted by molar-refractivity contribution is 0.188. The van der Waals surface area contributed by atoms with Gasteiger partial charge >= 0.3 is 0 Å². The monoisotopic (exact) mass is 566 g/mol. The maximum atomic E-state index is 6.10. The highest BCUT2D eigenvalue weighted by atomic mass is 16.5. The second-order valence-electron chi connectivity index (χ2n) is 11.9. The van der Waals surface area contributed by atoms with E-state index in [1.807, 2.05) is 38.1 Å². The van der Waals surface area contributed by atoms with E-state index in [1.54, 1.807) is 0 Å². The fourth-order valence-electron chi connectivity index (χ4n) is 5.06. The SMILES string of the molecule is CCOc1ccc(C(C)(C)c2ccc(OCC(C)COc3ccc(C(C)(C)c4ccc(OCC)cc4)cc3)cc2)cc1. The van der Waals surface area contributed by atoms with Crippen LogP contribution in [-0.4, -0.2) is 26.4 Å². The smallest absolute Gasteiger partial charge is 0.119 e. The van der Waals surface area contributed by atoms with E-state index in [9.17, 15) is 0 Å². The van der Waals surface area contributed by atoms with Crippen molar-refractivity contribution in [1.82, 2.24) is 0 Å². The normalized spacial score (nSPS) is 11.8. The minimum atomic E-state index is -0.122. The van der Waals surface area contributed by atoms with Crippen LogP contribution in [0.2, 0.25) is 0 Å². The molecule has 0 aliphatic carbocycles. The topological polar surface area (TPSA) is 36.9 Å². The van der Waals surface area contributed by atoms with Gasteiger partial charge in [0.2, 0.25) is 0 Å². The minimum Gasteiger partial charge on any atom is -0.494 e. The van der Waals surface area contributed by atoms with E-state index in [2.05, 4.69) is 107 Å². The molecule has 0 aliphatic rings. The van der Waals surface area contributed by atoms with Crippen LogP contribution in [0.1, 0.15) is 70.7 Å². The van der Waals surface area contributed by atoms with Crippen LogP contribution in [0.15, 0.2) is 97.1 Å². The molecule has 0 saturated heterocycles. The molecule has 0 saturated carbocycles. The third-order valence-electron chi connectivity index (χ3n) is 8.00. The van der Waals surface area contributed by atoms with Crippen molar-refractivity contribution in [2.24, 2.45) is 5.92 Å². The molecule has 0 spiro atoms. The Hall–Kier alpha value is -3.92. The van der Waals surface area contributed by atoms with Crippen LogP contribution in [0.5, 0.6) is 23.0 Å². The van der Waals surface area contributed by atoms with Gasteiger partial charge in [-0.05, 0) is 84.6 Å². The summed E-state index contributed by atoms with van der Waals surface area (Å²) < 4.78 is 23.4. The number of rotatable bonds is 14. The lowest BCUT2D eigenvalue weighted by atomic mass is 9.78. The van der Waals surface area contributed by atoms with Gasteiger partial charge in [-0.3, -0.25) is 0 Å². The van der Waals surface area contributed by atoms with Crippen LogP contribution in [0.4, 0.5) is 0 Å². The fraction of sp³-hybridized carbons (Fsp3) is 0.368. The number of benzene rings is 4. The zero-order valence-corrected chi connectivity index (χ0v) is 26.3. The van der Waals surface area contributed by atoms with Crippen LogP contribution in [0.25, 0.3) is 0 Å². The van der Waals surface area contributed by atoms with E-state index in [-0.39, 0.29) is 16.7 Å². The molecule has 42 heavy (non-hydrogen) atoms. The molecule has 0 fully saturated rings. The van der Waals surface area contributed by atoms with Gasteiger partial charge in [-0.15, -0.1) is 0 Å². The summed E-state index contributed by atoms with van der Waals surface area (Å²) in [4.78, 5) is 0. The summed E-state index contributed by atoms with van der Waals surface area (Å²) in [5.74, 6) is 3.78. The molecule has 0 aliphatic heterocycles. The van der Waals surface area contributed by atoms with E-state index < -0.39 is 0 Å². The van der Waals surface area contributed by atoms with Crippen molar-refractivity contribution in [2.45, 2.75) is 59.3 Å². The molecule has 0 bridgehead atoms. The Morgan fingerprint density at radius 3 is 0.905 bits per heavy atom. The zero-order chi connectivity index (χ0) is 30.2. The second kappa shape index (κ2) is 13.8. The number of hydrogen-bond acceptors (Lipinski definition) is 4. The standard InChI is InChI=1S/C38H46O4/c1-8-39-33-18-10-29(11-19-33)37(4,5)31-14-22-35(23-15-31)41-26-28(3)27-42-36-24-16-32(17-25-36)38(6,7)30-12-20-34(21-13-30)40-9-2/h10-25,28H,8-9,26-27H2,1-7H3. The summed E-state index contributed by atoms with van der Waals surface area (Å²) in [5.41, 5.74) is 4.73. The van der Waals surface area contributed by atoms with E-state index in [1.165, 1.54) is 22.3 Å². The number of ether oxygens (including phenoxy) is 4. The third-order valence-corrected chi connectivity index (χ3v) is 8.00. The molecule has 4 aromatic rings. The fourth-order valence-corrected chi connectivity index (χ4v) is 5.06.